The monoisotopic (exact) mass is 367 g/mol. The highest BCUT2D eigenvalue weighted by atomic mass is 16.3. The second-order valence-electron chi connectivity index (χ2n) is 7.15. The van der Waals surface area contributed by atoms with Crippen molar-refractivity contribution in [3.63, 3.8) is 0 Å². The molecule has 0 aliphatic carbocycles. The zero-order valence-corrected chi connectivity index (χ0v) is 15.3. The van der Waals surface area contributed by atoms with Crippen LogP contribution in [0.3, 0.4) is 0 Å². The quantitative estimate of drug-likeness (QED) is 0.730. The van der Waals surface area contributed by atoms with E-state index in [1.165, 1.54) is 21.8 Å². The molecule has 0 spiro atoms. The summed E-state index contributed by atoms with van der Waals surface area (Å²) < 4.78 is 2.81. The van der Waals surface area contributed by atoms with Gasteiger partial charge in [0.05, 0.1) is 12.7 Å². The van der Waals surface area contributed by atoms with Crippen LogP contribution in [0.25, 0.3) is 11.0 Å². The summed E-state index contributed by atoms with van der Waals surface area (Å²) in [6, 6.07) is 7.69. The number of benzene rings is 1. The third-order valence-electron chi connectivity index (χ3n) is 5.21. The van der Waals surface area contributed by atoms with E-state index in [9.17, 15) is 14.7 Å². The van der Waals surface area contributed by atoms with Gasteiger partial charge in [-0.3, -0.25) is 18.8 Å². The highest BCUT2D eigenvalue weighted by Crippen LogP contribution is 2.32. The summed E-state index contributed by atoms with van der Waals surface area (Å²) in [4.78, 5) is 31.0. The molecule has 0 radical (unpaired) electrons. The van der Waals surface area contributed by atoms with Crippen LogP contribution >= 0.6 is 0 Å². The molecule has 0 saturated carbocycles. The fourth-order valence-electron chi connectivity index (χ4n) is 3.53. The Morgan fingerprint density at radius 2 is 2.04 bits per heavy atom. The van der Waals surface area contributed by atoms with Crippen LogP contribution in [0.15, 0.2) is 41.6 Å². The molecule has 1 aliphatic rings. The third kappa shape index (κ3) is 3.02. The molecule has 0 unspecified atom stereocenters. The number of likely N-dealkylation sites (tertiary alicyclic amines) is 1. The normalized spacial score (nSPS) is 19.7. The maximum atomic E-state index is 12.7. The molecule has 8 nitrogen and oxygen atoms in total. The number of amides is 1. The summed E-state index contributed by atoms with van der Waals surface area (Å²) >= 11 is 0. The fourth-order valence-corrected chi connectivity index (χ4v) is 3.53. The predicted octanol–water partition coefficient (Wildman–Crippen LogP) is 0.559. The number of hydrogen-bond donors (Lipinski definition) is 1. The molecule has 1 atom stereocenters. The van der Waals surface area contributed by atoms with Gasteiger partial charge >= 0.3 is 0 Å². The number of aromatic nitrogens is 4. The van der Waals surface area contributed by atoms with E-state index < -0.39 is 5.60 Å². The number of aryl methyl sites for hydroxylation is 2. The van der Waals surface area contributed by atoms with Gasteiger partial charge in [0.25, 0.3) is 5.56 Å². The first-order chi connectivity index (χ1) is 12.9. The molecular weight excluding hydrogens is 346 g/mol. The Morgan fingerprint density at radius 3 is 2.78 bits per heavy atom. The zero-order chi connectivity index (χ0) is 19.2. The van der Waals surface area contributed by atoms with Gasteiger partial charge in [-0.2, -0.15) is 5.10 Å². The Labute approximate surface area is 155 Å². The average Bonchev–Trinajstić information content (AvgIpc) is 3.23. The Balaban J connectivity index is 1.52. The van der Waals surface area contributed by atoms with Crippen LogP contribution in [0, 0.1) is 6.92 Å². The van der Waals surface area contributed by atoms with Crippen molar-refractivity contribution >= 4 is 16.9 Å². The number of rotatable bonds is 3. The lowest BCUT2D eigenvalue weighted by molar-refractivity contribution is -0.131. The second kappa shape index (κ2) is 6.31. The van der Waals surface area contributed by atoms with Gasteiger partial charge in [-0.25, -0.2) is 4.98 Å². The molecule has 1 aromatic carbocycles. The molecular formula is C19H21N5O3. The standard InChI is InChI=1S/C19H21N5O3/c1-13-3-5-14(6-4-13)19(27)7-8-23(11-19)16(25)10-24-12-20-17-15(18(24)26)9-21-22(17)2/h3-6,9,12,27H,7-8,10-11H2,1-2H3/t19-/m0/s1. The highest BCUT2D eigenvalue weighted by Gasteiger charge is 2.39. The van der Waals surface area contributed by atoms with Crippen molar-refractivity contribution < 1.29 is 9.90 Å². The molecule has 3 aromatic rings. The van der Waals surface area contributed by atoms with Gasteiger partial charge < -0.3 is 10.0 Å². The zero-order valence-electron chi connectivity index (χ0n) is 15.3. The minimum absolute atomic E-state index is 0.110. The van der Waals surface area contributed by atoms with Crippen molar-refractivity contribution in [2.75, 3.05) is 13.1 Å². The first kappa shape index (κ1) is 17.4. The highest BCUT2D eigenvalue weighted by molar-refractivity contribution is 5.77. The van der Waals surface area contributed by atoms with Crippen LogP contribution in [-0.2, 0) is 24.0 Å². The molecule has 3 heterocycles. The van der Waals surface area contributed by atoms with E-state index in [0.29, 0.717) is 24.0 Å². The lowest BCUT2D eigenvalue weighted by atomic mass is 9.92. The molecule has 1 fully saturated rings. The lowest BCUT2D eigenvalue weighted by Crippen LogP contribution is -2.38. The molecule has 2 aromatic heterocycles. The van der Waals surface area contributed by atoms with E-state index in [2.05, 4.69) is 10.1 Å². The van der Waals surface area contributed by atoms with Crippen LogP contribution in [0.4, 0.5) is 0 Å². The van der Waals surface area contributed by atoms with Crippen LogP contribution in [0.1, 0.15) is 17.5 Å². The molecule has 4 rings (SSSR count). The first-order valence-corrected chi connectivity index (χ1v) is 8.82. The van der Waals surface area contributed by atoms with E-state index in [0.717, 1.165) is 11.1 Å². The number of aliphatic hydroxyl groups is 1. The third-order valence-corrected chi connectivity index (χ3v) is 5.21. The van der Waals surface area contributed by atoms with Crippen molar-refractivity contribution in [2.45, 2.75) is 25.5 Å². The van der Waals surface area contributed by atoms with Crippen molar-refractivity contribution in [1.82, 2.24) is 24.2 Å². The van der Waals surface area contributed by atoms with Gasteiger partial charge in [0, 0.05) is 13.6 Å². The maximum absolute atomic E-state index is 12.7. The Hall–Kier alpha value is -3.00. The predicted molar refractivity (Wildman–Crippen MR) is 99.0 cm³/mol. The summed E-state index contributed by atoms with van der Waals surface area (Å²) in [6.45, 7) is 2.54. The Bertz CT molecular complexity index is 1070. The molecule has 1 amide bonds. The Morgan fingerprint density at radius 1 is 1.30 bits per heavy atom. The van der Waals surface area contributed by atoms with Crippen molar-refractivity contribution in [3.05, 3.63) is 58.3 Å². The molecule has 1 N–H and O–H groups in total. The van der Waals surface area contributed by atoms with E-state index in [-0.39, 0.29) is 24.6 Å². The summed E-state index contributed by atoms with van der Waals surface area (Å²) in [6.07, 6.45) is 3.29. The van der Waals surface area contributed by atoms with Crippen LogP contribution < -0.4 is 5.56 Å². The number of carbonyl (C=O) groups excluding carboxylic acids is 1. The average molecular weight is 367 g/mol. The van der Waals surface area contributed by atoms with Gasteiger partial charge in [0.15, 0.2) is 5.65 Å². The molecule has 140 valence electrons. The van der Waals surface area contributed by atoms with Crippen molar-refractivity contribution in [2.24, 2.45) is 7.05 Å². The van der Waals surface area contributed by atoms with E-state index >= 15 is 0 Å². The fraction of sp³-hybridized carbons (Fsp3) is 0.368. The summed E-state index contributed by atoms with van der Waals surface area (Å²) in [5, 5.41) is 15.4. The van der Waals surface area contributed by atoms with Crippen LogP contribution in [0.5, 0.6) is 0 Å². The van der Waals surface area contributed by atoms with Gasteiger partial charge in [0.1, 0.15) is 23.9 Å². The topological polar surface area (TPSA) is 93.2 Å². The molecule has 8 heteroatoms. The summed E-state index contributed by atoms with van der Waals surface area (Å²) in [5.41, 5.74) is 1.05. The Kier molecular flexibility index (Phi) is 4.07. The number of hydrogen-bond acceptors (Lipinski definition) is 5. The van der Waals surface area contributed by atoms with Crippen molar-refractivity contribution in [3.8, 4) is 0 Å². The number of fused-ring (bicyclic) bond motifs is 1. The summed E-state index contributed by atoms with van der Waals surface area (Å²) in [5.74, 6) is -0.217. The molecule has 1 aliphatic heterocycles. The molecule has 27 heavy (non-hydrogen) atoms. The van der Waals surface area contributed by atoms with Crippen LogP contribution in [-0.4, -0.2) is 48.3 Å². The van der Waals surface area contributed by atoms with Crippen LogP contribution in [0.2, 0.25) is 0 Å². The maximum Gasteiger partial charge on any atom is 0.264 e. The largest absolute Gasteiger partial charge is 0.383 e. The smallest absolute Gasteiger partial charge is 0.264 e. The van der Waals surface area contributed by atoms with E-state index in [1.807, 2.05) is 31.2 Å². The van der Waals surface area contributed by atoms with Gasteiger partial charge in [-0.1, -0.05) is 29.8 Å². The number of β-amino-alcohol motifs (C(OH)–C–C–N with tert-alkyl or cyclic N) is 1. The number of carbonyl (C=O) groups is 1. The van der Waals surface area contributed by atoms with Gasteiger partial charge in [-0.15, -0.1) is 0 Å². The summed E-state index contributed by atoms with van der Waals surface area (Å²) in [7, 11) is 1.71. The van der Waals surface area contributed by atoms with Gasteiger partial charge in [-0.05, 0) is 18.9 Å². The lowest BCUT2D eigenvalue weighted by Gasteiger charge is -2.24. The first-order valence-electron chi connectivity index (χ1n) is 8.82. The van der Waals surface area contributed by atoms with Gasteiger partial charge in [0.2, 0.25) is 5.91 Å². The van der Waals surface area contributed by atoms with E-state index in [1.54, 1.807) is 11.9 Å². The minimum Gasteiger partial charge on any atom is -0.383 e. The second-order valence-corrected chi connectivity index (χ2v) is 7.15. The molecule has 0 bridgehead atoms. The van der Waals surface area contributed by atoms with Crippen molar-refractivity contribution in [1.29, 1.82) is 0 Å². The molecule has 1 saturated heterocycles. The van der Waals surface area contributed by atoms with E-state index in [4.69, 9.17) is 0 Å². The number of nitrogens with zero attached hydrogens (tertiary/aromatic N) is 5. The SMILES string of the molecule is Cc1ccc([C@]2(O)CCN(C(=O)Cn3cnc4c(cnn4C)c3=O)C2)cc1. The minimum atomic E-state index is -1.06.